The van der Waals surface area contributed by atoms with Crippen LogP contribution in [0.2, 0.25) is 0 Å². The molecule has 0 aliphatic rings. The molecule has 0 spiro atoms. The summed E-state index contributed by atoms with van der Waals surface area (Å²) in [6, 6.07) is 10.6. The van der Waals surface area contributed by atoms with Crippen LogP contribution in [-0.4, -0.2) is 19.9 Å². The van der Waals surface area contributed by atoms with Crippen LogP contribution in [0.4, 0.5) is 5.69 Å². The third-order valence-electron chi connectivity index (χ3n) is 2.77. The van der Waals surface area contributed by atoms with E-state index in [0.717, 1.165) is 5.56 Å². The van der Waals surface area contributed by atoms with Gasteiger partial charge in [-0.15, -0.1) is 0 Å². The quantitative estimate of drug-likeness (QED) is 0.786. The maximum Gasteiger partial charge on any atom is 0.215 e. The van der Waals surface area contributed by atoms with Gasteiger partial charge in [0, 0.05) is 24.6 Å². The van der Waals surface area contributed by atoms with Crippen molar-refractivity contribution in [3.05, 3.63) is 59.9 Å². The number of pyridine rings is 1. The molecule has 2 rings (SSSR count). The molecule has 0 unspecified atom stereocenters. The summed E-state index contributed by atoms with van der Waals surface area (Å²) in [5.41, 5.74) is 7.87. The highest BCUT2D eigenvalue weighted by Gasteiger charge is 2.11. The Morgan fingerprint density at radius 1 is 1.15 bits per heavy atom. The van der Waals surface area contributed by atoms with Gasteiger partial charge in [-0.2, -0.15) is 0 Å². The minimum atomic E-state index is -3.35. The lowest BCUT2D eigenvalue weighted by molar-refractivity contribution is 0.581. The van der Waals surface area contributed by atoms with Crippen LogP contribution in [0.15, 0.2) is 48.8 Å². The Labute approximate surface area is 118 Å². The summed E-state index contributed by atoms with van der Waals surface area (Å²) in [7, 11) is -3.35. The number of anilines is 1. The van der Waals surface area contributed by atoms with Gasteiger partial charge >= 0.3 is 0 Å². The number of rotatable bonds is 6. The van der Waals surface area contributed by atoms with Gasteiger partial charge in [-0.25, -0.2) is 13.1 Å². The number of sulfonamides is 1. The van der Waals surface area contributed by atoms with Gasteiger partial charge in [0.2, 0.25) is 10.0 Å². The van der Waals surface area contributed by atoms with Gasteiger partial charge in [0.15, 0.2) is 0 Å². The van der Waals surface area contributed by atoms with Gasteiger partial charge in [-0.05, 0) is 35.7 Å². The van der Waals surface area contributed by atoms with Crippen LogP contribution in [0.1, 0.15) is 11.1 Å². The van der Waals surface area contributed by atoms with E-state index in [0.29, 0.717) is 24.2 Å². The highest BCUT2D eigenvalue weighted by Crippen LogP contribution is 2.09. The van der Waals surface area contributed by atoms with Crippen molar-refractivity contribution < 1.29 is 8.42 Å². The number of aromatic nitrogens is 1. The van der Waals surface area contributed by atoms with Crippen LogP contribution in [0.5, 0.6) is 0 Å². The van der Waals surface area contributed by atoms with Crippen molar-refractivity contribution in [1.82, 2.24) is 9.71 Å². The van der Waals surface area contributed by atoms with Crippen LogP contribution in [0.3, 0.4) is 0 Å². The molecule has 0 amide bonds. The molecule has 0 radical (unpaired) electrons. The Morgan fingerprint density at radius 3 is 2.65 bits per heavy atom. The van der Waals surface area contributed by atoms with Crippen LogP contribution >= 0.6 is 0 Å². The van der Waals surface area contributed by atoms with E-state index in [9.17, 15) is 8.42 Å². The summed E-state index contributed by atoms with van der Waals surface area (Å²) in [5.74, 6) is -0.0644. The van der Waals surface area contributed by atoms with E-state index in [2.05, 4.69) is 9.71 Å². The van der Waals surface area contributed by atoms with Crippen molar-refractivity contribution >= 4 is 15.7 Å². The fourth-order valence-corrected chi connectivity index (χ4v) is 2.98. The molecule has 1 aromatic heterocycles. The number of benzene rings is 1. The lowest BCUT2D eigenvalue weighted by atomic mass is 10.2. The molecule has 5 nitrogen and oxygen atoms in total. The first-order valence-corrected chi connectivity index (χ1v) is 7.91. The topological polar surface area (TPSA) is 85.1 Å². The maximum absolute atomic E-state index is 11.9. The van der Waals surface area contributed by atoms with Gasteiger partial charge in [-0.3, -0.25) is 4.98 Å². The average Bonchev–Trinajstić information content (AvgIpc) is 2.39. The molecule has 0 saturated heterocycles. The first-order chi connectivity index (χ1) is 9.55. The van der Waals surface area contributed by atoms with E-state index < -0.39 is 10.0 Å². The Hall–Kier alpha value is -1.92. The second-order valence-corrected chi connectivity index (χ2v) is 6.32. The largest absolute Gasteiger partial charge is 0.399 e. The molecular weight excluding hydrogens is 274 g/mol. The first-order valence-electron chi connectivity index (χ1n) is 6.26. The van der Waals surface area contributed by atoms with Crippen molar-refractivity contribution in [3.63, 3.8) is 0 Å². The SMILES string of the molecule is Nc1cccc(CS(=O)(=O)NCCc2cccnc2)c1. The van der Waals surface area contributed by atoms with Gasteiger partial charge in [0.25, 0.3) is 0 Å². The number of nitrogen functional groups attached to an aromatic ring is 1. The van der Waals surface area contributed by atoms with E-state index in [1.54, 1.807) is 36.7 Å². The Bertz CT molecular complexity index is 657. The van der Waals surface area contributed by atoms with E-state index in [4.69, 9.17) is 5.73 Å². The third-order valence-corrected chi connectivity index (χ3v) is 4.12. The molecule has 1 heterocycles. The molecule has 0 aliphatic heterocycles. The fourth-order valence-electron chi connectivity index (χ4n) is 1.85. The summed E-state index contributed by atoms with van der Waals surface area (Å²) in [4.78, 5) is 3.99. The third kappa shape index (κ3) is 4.64. The van der Waals surface area contributed by atoms with E-state index in [1.807, 2.05) is 12.1 Å². The number of nitrogens with two attached hydrogens (primary N) is 1. The second-order valence-electron chi connectivity index (χ2n) is 4.51. The zero-order valence-corrected chi connectivity index (χ0v) is 11.8. The van der Waals surface area contributed by atoms with Crippen molar-refractivity contribution in [1.29, 1.82) is 0 Å². The number of nitrogens with zero attached hydrogens (tertiary/aromatic N) is 1. The normalized spacial score (nSPS) is 11.4. The minimum Gasteiger partial charge on any atom is -0.399 e. The minimum absolute atomic E-state index is 0.0644. The molecule has 0 fully saturated rings. The Balaban J connectivity index is 1.88. The molecule has 1 aromatic carbocycles. The monoisotopic (exact) mass is 291 g/mol. The molecule has 0 bridgehead atoms. The molecule has 3 N–H and O–H groups in total. The molecular formula is C14H17N3O2S. The smallest absolute Gasteiger partial charge is 0.215 e. The van der Waals surface area contributed by atoms with Crippen LogP contribution < -0.4 is 10.5 Å². The van der Waals surface area contributed by atoms with Crippen LogP contribution in [0, 0.1) is 0 Å². The van der Waals surface area contributed by atoms with Gasteiger partial charge in [0.1, 0.15) is 0 Å². The zero-order chi connectivity index (χ0) is 14.4. The molecule has 0 aliphatic carbocycles. The standard InChI is InChI=1S/C14H17N3O2S/c15-14-5-1-3-13(9-14)11-20(18,19)17-8-6-12-4-2-7-16-10-12/h1-5,7,9-10,17H,6,8,11,15H2. The Morgan fingerprint density at radius 2 is 1.95 bits per heavy atom. The lowest BCUT2D eigenvalue weighted by Crippen LogP contribution is -2.27. The summed E-state index contributed by atoms with van der Waals surface area (Å²) in [6.07, 6.45) is 4.03. The number of nitrogens with one attached hydrogen (secondary N) is 1. The Kier molecular flexibility index (Phi) is 4.70. The van der Waals surface area contributed by atoms with Crippen molar-refractivity contribution in [2.75, 3.05) is 12.3 Å². The highest BCUT2D eigenvalue weighted by atomic mass is 32.2. The maximum atomic E-state index is 11.9. The summed E-state index contributed by atoms with van der Waals surface area (Å²) in [6.45, 7) is 0.357. The summed E-state index contributed by atoms with van der Waals surface area (Å²) < 4.78 is 26.4. The number of hydrogen-bond acceptors (Lipinski definition) is 4. The van der Waals surface area contributed by atoms with Crippen LogP contribution in [0.25, 0.3) is 0 Å². The van der Waals surface area contributed by atoms with Crippen molar-refractivity contribution in [3.8, 4) is 0 Å². The van der Waals surface area contributed by atoms with Gasteiger partial charge < -0.3 is 5.73 Å². The predicted octanol–water partition coefficient (Wildman–Crippen LogP) is 1.33. The van der Waals surface area contributed by atoms with Gasteiger partial charge in [0.05, 0.1) is 5.75 Å². The van der Waals surface area contributed by atoms with E-state index in [-0.39, 0.29) is 5.75 Å². The lowest BCUT2D eigenvalue weighted by Gasteiger charge is -2.07. The average molecular weight is 291 g/mol. The highest BCUT2D eigenvalue weighted by molar-refractivity contribution is 7.88. The predicted molar refractivity (Wildman–Crippen MR) is 79.4 cm³/mol. The van der Waals surface area contributed by atoms with E-state index in [1.165, 1.54) is 0 Å². The molecule has 6 heteroatoms. The van der Waals surface area contributed by atoms with Crippen molar-refractivity contribution in [2.24, 2.45) is 0 Å². The van der Waals surface area contributed by atoms with Crippen molar-refractivity contribution in [2.45, 2.75) is 12.2 Å². The summed E-state index contributed by atoms with van der Waals surface area (Å²) >= 11 is 0. The molecule has 106 valence electrons. The van der Waals surface area contributed by atoms with Gasteiger partial charge in [-0.1, -0.05) is 18.2 Å². The fraction of sp³-hybridized carbons (Fsp3) is 0.214. The first kappa shape index (κ1) is 14.5. The second kappa shape index (κ2) is 6.49. The van der Waals surface area contributed by atoms with Crippen LogP contribution in [-0.2, 0) is 22.2 Å². The molecule has 0 saturated carbocycles. The summed E-state index contributed by atoms with van der Waals surface area (Å²) in [5, 5.41) is 0. The zero-order valence-electron chi connectivity index (χ0n) is 11.0. The van der Waals surface area contributed by atoms with E-state index >= 15 is 0 Å². The molecule has 2 aromatic rings. The number of hydrogen-bond donors (Lipinski definition) is 2. The molecule has 0 atom stereocenters. The molecule has 20 heavy (non-hydrogen) atoms.